The highest BCUT2D eigenvalue weighted by Crippen LogP contribution is 2.39. The van der Waals surface area contributed by atoms with E-state index in [1.54, 1.807) is 24.3 Å². The molecule has 2 fully saturated rings. The first-order valence-electron chi connectivity index (χ1n) is 10.1. The van der Waals surface area contributed by atoms with Crippen molar-refractivity contribution in [1.82, 2.24) is 5.32 Å². The molecule has 0 radical (unpaired) electrons. The smallest absolute Gasteiger partial charge is 0.123 e. The zero-order valence-corrected chi connectivity index (χ0v) is 15.7. The molecule has 1 N–H and O–H groups in total. The maximum absolute atomic E-state index is 13.4. The number of hydrogen-bond donors (Lipinski definition) is 1. The van der Waals surface area contributed by atoms with Gasteiger partial charge in [-0.05, 0) is 61.1 Å². The van der Waals surface area contributed by atoms with Crippen molar-refractivity contribution in [2.45, 2.75) is 63.3 Å². The summed E-state index contributed by atoms with van der Waals surface area (Å²) in [5.74, 6) is -0.0436. The normalized spacial score (nSPS) is 27.3. The van der Waals surface area contributed by atoms with E-state index in [4.69, 9.17) is 4.74 Å². The van der Waals surface area contributed by atoms with Gasteiger partial charge in [-0.1, -0.05) is 37.6 Å². The molecule has 0 spiro atoms. The van der Waals surface area contributed by atoms with E-state index in [1.165, 1.54) is 37.1 Å². The van der Waals surface area contributed by atoms with Crippen LogP contribution >= 0.6 is 0 Å². The lowest BCUT2D eigenvalue weighted by atomic mass is 9.85. The Hall–Kier alpha value is -1.78. The monoisotopic (exact) mass is 371 g/mol. The van der Waals surface area contributed by atoms with Crippen LogP contribution < -0.4 is 5.32 Å². The van der Waals surface area contributed by atoms with Crippen LogP contribution in [-0.2, 0) is 4.74 Å². The van der Waals surface area contributed by atoms with Crippen molar-refractivity contribution in [3.8, 4) is 0 Å². The summed E-state index contributed by atoms with van der Waals surface area (Å²) in [5, 5.41) is 3.74. The van der Waals surface area contributed by atoms with Crippen LogP contribution in [0.25, 0.3) is 0 Å². The number of halogens is 2. The van der Waals surface area contributed by atoms with E-state index < -0.39 is 0 Å². The molecule has 2 bridgehead atoms. The number of ether oxygens (including phenoxy) is 1. The van der Waals surface area contributed by atoms with Gasteiger partial charge in [0.05, 0.1) is 6.10 Å². The van der Waals surface area contributed by atoms with Crippen molar-refractivity contribution in [2.75, 3.05) is 0 Å². The Morgan fingerprint density at radius 2 is 1.56 bits per heavy atom. The van der Waals surface area contributed by atoms with Gasteiger partial charge in [0.2, 0.25) is 0 Å². The van der Waals surface area contributed by atoms with E-state index in [-0.39, 0.29) is 23.8 Å². The van der Waals surface area contributed by atoms with Gasteiger partial charge in [0.25, 0.3) is 0 Å². The Kier molecular flexibility index (Phi) is 5.55. The Balaban J connectivity index is 1.63. The molecule has 0 saturated carbocycles. The summed E-state index contributed by atoms with van der Waals surface area (Å²) < 4.78 is 33.6. The van der Waals surface area contributed by atoms with E-state index >= 15 is 0 Å². The summed E-state index contributed by atoms with van der Waals surface area (Å²) in [6.45, 7) is 2.22. The molecule has 2 heterocycles. The van der Waals surface area contributed by atoms with Crippen LogP contribution in [0.4, 0.5) is 8.78 Å². The molecule has 2 aromatic carbocycles. The molecule has 144 valence electrons. The molecular formula is C23H27F2NO. The average molecular weight is 371 g/mol. The van der Waals surface area contributed by atoms with E-state index in [1.807, 2.05) is 0 Å². The predicted octanol–water partition coefficient (Wildman–Crippen LogP) is 5.38. The standard InChI is InChI=1S/C23H27F2NO/c1-2-3-20-21-13-12-19(26-21)14-22(20)27-23(15-4-8-17(24)9-5-15)16-6-10-18(25)11-7-16/h4-11,19-23,26H,2-3,12-14H2,1H3/t19?,20-,21+,22-/m1/s1. The molecule has 2 nitrogen and oxygen atoms in total. The number of benzene rings is 2. The third-order valence-electron chi connectivity index (χ3n) is 6.07. The zero-order chi connectivity index (χ0) is 18.8. The summed E-state index contributed by atoms with van der Waals surface area (Å²) in [7, 11) is 0. The van der Waals surface area contributed by atoms with Crippen LogP contribution in [0.1, 0.15) is 56.3 Å². The lowest BCUT2D eigenvalue weighted by Gasteiger charge is -2.39. The Morgan fingerprint density at radius 3 is 2.11 bits per heavy atom. The molecular weight excluding hydrogens is 344 g/mol. The van der Waals surface area contributed by atoms with Crippen LogP contribution in [0.15, 0.2) is 48.5 Å². The summed E-state index contributed by atoms with van der Waals surface area (Å²) >= 11 is 0. The van der Waals surface area contributed by atoms with Crippen LogP contribution in [0.2, 0.25) is 0 Å². The highest BCUT2D eigenvalue weighted by Gasteiger charge is 2.42. The summed E-state index contributed by atoms with van der Waals surface area (Å²) in [6.07, 6.45) is 5.53. The zero-order valence-electron chi connectivity index (χ0n) is 15.7. The number of hydrogen-bond acceptors (Lipinski definition) is 2. The maximum Gasteiger partial charge on any atom is 0.123 e. The minimum absolute atomic E-state index is 0.156. The van der Waals surface area contributed by atoms with Crippen molar-refractivity contribution < 1.29 is 13.5 Å². The van der Waals surface area contributed by atoms with Gasteiger partial charge < -0.3 is 10.1 Å². The molecule has 0 aromatic heterocycles. The van der Waals surface area contributed by atoms with Gasteiger partial charge in [-0.3, -0.25) is 0 Å². The quantitative estimate of drug-likeness (QED) is 0.736. The minimum Gasteiger partial charge on any atom is -0.365 e. The molecule has 0 amide bonds. The Labute approximate surface area is 159 Å². The van der Waals surface area contributed by atoms with Gasteiger partial charge in [0.15, 0.2) is 0 Å². The predicted molar refractivity (Wildman–Crippen MR) is 102 cm³/mol. The Bertz CT molecular complexity index is 700. The topological polar surface area (TPSA) is 21.3 Å². The van der Waals surface area contributed by atoms with E-state index in [9.17, 15) is 8.78 Å². The lowest BCUT2D eigenvalue weighted by molar-refractivity contribution is -0.0556. The molecule has 2 aromatic rings. The minimum atomic E-state index is -0.312. The maximum atomic E-state index is 13.4. The number of nitrogens with one attached hydrogen (secondary N) is 1. The molecule has 4 rings (SSSR count). The van der Waals surface area contributed by atoms with Crippen LogP contribution in [0.3, 0.4) is 0 Å². The molecule has 27 heavy (non-hydrogen) atoms. The van der Waals surface area contributed by atoms with Crippen molar-refractivity contribution in [2.24, 2.45) is 5.92 Å². The summed E-state index contributed by atoms with van der Waals surface area (Å²) in [6, 6.07) is 14.0. The van der Waals surface area contributed by atoms with Crippen LogP contribution in [0.5, 0.6) is 0 Å². The van der Waals surface area contributed by atoms with Crippen molar-refractivity contribution >= 4 is 0 Å². The van der Waals surface area contributed by atoms with E-state index in [2.05, 4.69) is 12.2 Å². The molecule has 2 saturated heterocycles. The first-order chi connectivity index (χ1) is 13.1. The average Bonchev–Trinajstić information content (AvgIpc) is 3.07. The molecule has 2 aliphatic rings. The fraction of sp³-hybridized carbons (Fsp3) is 0.478. The van der Waals surface area contributed by atoms with Gasteiger partial charge in [-0.2, -0.15) is 0 Å². The van der Waals surface area contributed by atoms with Crippen LogP contribution in [0, 0.1) is 17.6 Å². The Morgan fingerprint density at radius 1 is 0.963 bits per heavy atom. The van der Waals surface area contributed by atoms with Gasteiger partial charge in [0, 0.05) is 18.0 Å². The fourth-order valence-corrected chi connectivity index (χ4v) is 4.76. The first-order valence-corrected chi connectivity index (χ1v) is 10.1. The van der Waals surface area contributed by atoms with Crippen LogP contribution in [-0.4, -0.2) is 18.2 Å². The van der Waals surface area contributed by atoms with Gasteiger partial charge in [-0.15, -0.1) is 0 Å². The number of fused-ring (bicyclic) bond motifs is 2. The van der Waals surface area contributed by atoms with Gasteiger partial charge >= 0.3 is 0 Å². The highest BCUT2D eigenvalue weighted by molar-refractivity contribution is 5.30. The second-order valence-electron chi connectivity index (χ2n) is 7.89. The summed E-state index contributed by atoms with van der Waals surface area (Å²) in [4.78, 5) is 0. The lowest BCUT2D eigenvalue weighted by Crippen LogP contribution is -2.49. The number of rotatable bonds is 6. The van der Waals surface area contributed by atoms with E-state index in [0.29, 0.717) is 18.0 Å². The molecule has 4 atom stereocenters. The highest BCUT2D eigenvalue weighted by atomic mass is 19.1. The largest absolute Gasteiger partial charge is 0.365 e. The van der Waals surface area contributed by atoms with Gasteiger partial charge in [0.1, 0.15) is 17.7 Å². The third-order valence-corrected chi connectivity index (χ3v) is 6.07. The van der Waals surface area contributed by atoms with E-state index in [0.717, 1.165) is 30.4 Å². The summed E-state index contributed by atoms with van der Waals surface area (Å²) in [5.41, 5.74) is 1.81. The van der Waals surface area contributed by atoms with Crippen molar-refractivity contribution in [3.63, 3.8) is 0 Å². The van der Waals surface area contributed by atoms with Crippen molar-refractivity contribution in [3.05, 3.63) is 71.3 Å². The second-order valence-corrected chi connectivity index (χ2v) is 7.89. The van der Waals surface area contributed by atoms with Crippen molar-refractivity contribution in [1.29, 1.82) is 0 Å². The molecule has 1 unspecified atom stereocenters. The number of piperidine rings is 1. The molecule has 4 heteroatoms. The third kappa shape index (κ3) is 4.07. The second kappa shape index (κ2) is 8.07. The SMILES string of the molecule is CCC[C@@H]1[C@@H]2CCC(C[C@H]1OC(c1ccc(F)cc1)c1ccc(F)cc1)N2. The fourth-order valence-electron chi connectivity index (χ4n) is 4.76. The first kappa shape index (κ1) is 18.6. The molecule has 2 aliphatic heterocycles. The molecule has 0 aliphatic carbocycles. The van der Waals surface area contributed by atoms with Gasteiger partial charge in [-0.25, -0.2) is 8.78 Å².